The number of nitrogens with one attached hydrogen (secondary N) is 1. The Labute approximate surface area is 102 Å². The van der Waals surface area contributed by atoms with Crippen LogP contribution in [-0.2, 0) is 4.84 Å². The first-order chi connectivity index (χ1) is 7.29. The molecule has 0 spiro atoms. The number of halogens is 2. The van der Waals surface area contributed by atoms with Crippen molar-refractivity contribution in [2.45, 2.75) is 26.4 Å². The number of carbonyl (C=O) groups is 1. The Balaban J connectivity index is 2.77. The van der Waals surface area contributed by atoms with Crippen molar-refractivity contribution in [2.24, 2.45) is 0 Å². The predicted octanol–water partition coefficient (Wildman–Crippen LogP) is 3.05. The third kappa shape index (κ3) is 3.90. The normalized spacial score (nSPS) is 11.3. The zero-order chi connectivity index (χ0) is 12.3. The smallest absolute Gasteiger partial charge is 0.268 e. The summed E-state index contributed by atoms with van der Waals surface area (Å²) in [4.78, 5) is 16.7. The van der Waals surface area contributed by atoms with E-state index >= 15 is 0 Å². The van der Waals surface area contributed by atoms with Crippen LogP contribution in [0.4, 0.5) is 4.39 Å². The van der Waals surface area contributed by atoms with Gasteiger partial charge in [-0.05, 0) is 54.9 Å². The molecule has 0 heterocycles. The van der Waals surface area contributed by atoms with Crippen LogP contribution < -0.4 is 5.48 Å². The van der Waals surface area contributed by atoms with Crippen LogP contribution in [0, 0.1) is 5.82 Å². The van der Waals surface area contributed by atoms with Gasteiger partial charge in [0, 0.05) is 4.47 Å². The molecular formula is C11H13BrFNO2. The van der Waals surface area contributed by atoms with Crippen LogP contribution in [0.25, 0.3) is 0 Å². The van der Waals surface area contributed by atoms with Crippen LogP contribution in [0.3, 0.4) is 0 Å². The summed E-state index contributed by atoms with van der Waals surface area (Å²) in [5.74, 6) is -0.953. The minimum atomic E-state index is -0.491. The molecule has 1 N–H and O–H groups in total. The largest absolute Gasteiger partial charge is 0.276 e. The number of hydroxylamine groups is 1. The van der Waals surface area contributed by atoms with Crippen LogP contribution in [0.5, 0.6) is 0 Å². The first kappa shape index (κ1) is 13.1. The molecule has 0 atom stereocenters. The summed E-state index contributed by atoms with van der Waals surface area (Å²) in [7, 11) is 0. The van der Waals surface area contributed by atoms with Crippen molar-refractivity contribution >= 4 is 21.8 Å². The number of benzene rings is 1. The van der Waals surface area contributed by atoms with Gasteiger partial charge in [-0.2, -0.15) is 0 Å². The van der Waals surface area contributed by atoms with Crippen molar-refractivity contribution < 1.29 is 14.0 Å². The van der Waals surface area contributed by atoms with E-state index in [0.29, 0.717) is 4.47 Å². The molecule has 0 saturated carbocycles. The van der Waals surface area contributed by atoms with Crippen molar-refractivity contribution in [1.82, 2.24) is 5.48 Å². The molecule has 0 saturated heterocycles. The minimum Gasteiger partial charge on any atom is -0.268 e. The predicted molar refractivity (Wildman–Crippen MR) is 62.4 cm³/mol. The second-order valence-corrected chi connectivity index (χ2v) is 5.12. The van der Waals surface area contributed by atoms with Gasteiger partial charge >= 0.3 is 0 Å². The van der Waals surface area contributed by atoms with Gasteiger partial charge in [0.2, 0.25) is 0 Å². The minimum absolute atomic E-state index is 0.198. The van der Waals surface area contributed by atoms with E-state index < -0.39 is 17.3 Å². The van der Waals surface area contributed by atoms with Crippen LogP contribution in [0.2, 0.25) is 0 Å². The Bertz CT molecular complexity index is 401. The summed E-state index contributed by atoms with van der Waals surface area (Å²) >= 11 is 3.17. The highest BCUT2D eigenvalue weighted by Crippen LogP contribution is 2.18. The Kier molecular flexibility index (Phi) is 4.04. The number of rotatable bonds is 2. The topological polar surface area (TPSA) is 38.3 Å². The average molecular weight is 290 g/mol. The molecule has 0 radical (unpaired) electrons. The van der Waals surface area contributed by atoms with Gasteiger partial charge in [0.1, 0.15) is 5.82 Å². The summed E-state index contributed by atoms with van der Waals surface area (Å²) < 4.78 is 13.5. The molecule has 1 aromatic rings. The van der Waals surface area contributed by atoms with E-state index in [-0.39, 0.29) is 5.56 Å². The maximum absolute atomic E-state index is 12.9. The van der Waals surface area contributed by atoms with Gasteiger partial charge in [0.05, 0.1) is 11.2 Å². The van der Waals surface area contributed by atoms with Crippen molar-refractivity contribution in [3.63, 3.8) is 0 Å². The number of amides is 1. The zero-order valence-electron chi connectivity index (χ0n) is 9.30. The third-order valence-corrected chi connectivity index (χ3v) is 2.31. The van der Waals surface area contributed by atoms with Gasteiger partial charge in [0.25, 0.3) is 5.91 Å². The highest BCUT2D eigenvalue weighted by Gasteiger charge is 2.16. The van der Waals surface area contributed by atoms with Gasteiger partial charge < -0.3 is 0 Å². The van der Waals surface area contributed by atoms with E-state index in [1.165, 1.54) is 12.1 Å². The summed E-state index contributed by atoms with van der Waals surface area (Å²) in [6.45, 7) is 5.40. The molecular weight excluding hydrogens is 277 g/mol. The Morgan fingerprint density at radius 2 is 2.06 bits per heavy atom. The van der Waals surface area contributed by atoms with E-state index in [9.17, 15) is 9.18 Å². The molecule has 0 aliphatic rings. The van der Waals surface area contributed by atoms with Gasteiger partial charge in [-0.25, -0.2) is 9.87 Å². The molecule has 0 unspecified atom stereocenters. The Morgan fingerprint density at radius 3 is 2.62 bits per heavy atom. The average Bonchev–Trinajstić information content (AvgIpc) is 2.17. The lowest BCUT2D eigenvalue weighted by atomic mass is 10.2. The fraction of sp³-hybridized carbons (Fsp3) is 0.364. The Morgan fingerprint density at radius 1 is 1.44 bits per heavy atom. The number of carbonyl (C=O) groups excluding carboxylic acids is 1. The fourth-order valence-corrected chi connectivity index (χ4v) is 1.35. The third-order valence-electron chi connectivity index (χ3n) is 1.62. The molecule has 0 aromatic heterocycles. The Hall–Kier alpha value is -0.940. The van der Waals surface area contributed by atoms with E-state index in [4.69, 9.17) is 4.84 Å². The molecule has 88 valence electrons. The molecule has 1 amide bonds. The highest BCUT2D eigenvalue weighted by atomic mass is 79.9. The first-order valence-corrected chi connectivity index (χ1v) is 5.52. The van der Waals surface area contributed by atoms with Gasteiger partial charge in [-0.15, -0.1) is 0 Å². The number of hydrogen-bond donors (Lipinski definition) is 1. The molecule has 16 heavy (non-hydrogen) atoms. The SMILES string of the molecule is CC(C)(C)ONC(=O)c1cc(F)ccc1Br. The van der Waals surface area contributed by atoms with Crippen molar-refractivity contribution in [1.29, 1.82) is 0 Å². The van der Waals surface area contributed by atoms with E-state index in [0.717, 1.165) is 6.07 Å². The van der Waals surface area contributed by atoms with Crippen LogP contribution in [0.15, 0.2) is 22.7 Å². The van der Waals surface area contributed by atoms with E-state index in [1.807, 2.05) is 0 Å². The lowest BCUT2D eigenvalue weighted by molar-refractivity contribution is -0.0590. The van der Waals surface area contributed by atoms with Crippen LogP contribution in [-0.4, -0.2) is 11.5 Å². The molecule has 3 nitrogen and oxygen atoms in total. The quantitative estimate of drug-likeness (QED) is 0.850. The lowest BCUT2D eigenvalue weighted by Crippen LogP contribution is -2.33. The number of hydrogen-bond acceptors (Lipinski definition) is 2. The van der Waals surface area contributed by atoms with Crippen LogP contribution in [0.1, 0.15) is 31.1 Å². The summed E-state index contributed by atoms with van der Waals surface area (Å²) in [5, 5.41) is 0. The fourth-order valence-electron chi connectivity index (χ4n) is 0.926. The molecule has 0 aliphatic heterocycles. The van der Waals surface area contributed by atoms with Crippen molar-refractivity contribution in [2.75, 3.05) is 0 Å². The maximum Gasteiger partial charge on any atom is 0.276 e. The maximum atomic E-state index is 12.9. The van der Waals surface area contributed by atoms with Gasteiger partial charge in [-0.1, -0.05) is 0 Å². The molecule has 0 bridgehead atoms. The standard InChI is InChI=1S/C11H13BrFNO2/c1-11(2,3)16-14-10(15)8-6-7(13)4-5-9(8)12/h4-6H,1-3H3,(H,14,15). The van der Waals surface area contributed by atoms with Crippen LogP contribution >= 0.6 is 15.9 Å². The second kappa shape index (κ2) is 4.93. The molecule has 5 heteroatoms. The van der Waals surface area contributed by atoms with Crippen molar-refractivity contribution in [3.05, 3.63) is 34.1 Å². The molecule has 1 aromatic carbocycles. The highest BCUT2D eigenvalue weighted by molar-refractivity contribution is 9.10. The monoisotopic (exact) mass is 289 g/mol. The summed E-state index contributed by atoms with van der Waals surface area (Å²) in [6, 6.07) is 3.89. The summed E-state index contributed by atoms with van der Waals surface area (Å²) in [6.07, 6.45) is 0. The lowest BCUT2D eigenvalue weighted by Gasteiger charge is -2.19. The van der Waals surface area contributed by atoms with E-state index in [1.54, 1.807) is 20.8 Å². The summed E-state index contributed by atoms with van der Waals surface area (Å²) in [5.41, 5.74) is 1.98. The zero-order valence-corrected chi connectivity index (χ0v) is 10.9. The van der Waals surface area contributed by atoms with Gasteiger partial charge in [-0.3, -0.25) is 9.63 Å². The molecule has 1 rings (SSSR count). The first-order valence-electron chi connectivity index (χ1n) is 4.73. The second-order valence-electron chi connectivity index (χ2n) is 4.27. The van der Waals surface area contributed by atoms with Gasteiger partial charge in [0.15, 0.2) is 0 Å². The molecule has 0 aliphatic carbocycles. The molecule has 0 fully saturated rings. The van der Waals surface area contributed by atoms with Crippen molar-refractivity contribution in [3.8, 4) is 0 Å². The van der Waals surface area contributed by atoms with E-state index in [2.05, 4.69) is 21.4 Å².